The number of nitrogens with one attached hydrogen (secondary N) is 1. The quantitative estimate of drug-likeness (QED) is 0.645. The molecule has 0 radical (unpaired) electrons. The molecule has 3 aromatic rings. The Kier molecular flexibility index (Phi) is 3.83. The Morgan fingerprint density at radius 1 is 1.14 bits per heavy atom. The normalized spacial score (nSPS) is 14.1. The highest BCUT2D eigenvalue weighted by Crippen LogP contribution is 2.28. The lowest BCUT2D eigenvalue weighted by atomic mass is 10.0. The fourth-order valence-electron chi connectivity index (χ4n) is 2.60. The number of hydrogen-bond donors (Lipinski definition) is 3. The molecule has 0 spiro atoms. The first kappa shape index (κ1) is 14.6. The second-order valence-corrected chi connectivity index (χ2v) is 5.12. The van der Waals surface area contributed by atoms with Gasteiger partial charge in [-0.05, 0) is 24.6 Å². The van der Waals surface area contributed by atoms with E-state index >= 15 is 0 Å². The van der Waals surface area contributed by atoms with Crippen molar-refractivity contribution in [2.24, 2.45) is 0 Å². The fourth-order valence-corrected chi connectivity index (χ4v) is 2.60. The highest BCUT2D eigenvalue weighted by molar-refractivity contribution is 6.07. The predicted octanol–water partition coefficient (Wildman–Crippen LogP) is 2.28. The van der Waals surface area contributed by atoms with Crippen LogP contribution in [0.5, 0.6) is 0 Å². The molecule has 0 bridgehead atoms. The van der Waals surface area contributed by atoms with Gasteiger partial charge in [0.05, 0.1) is 6.61 Å². The molecule has 0 aliphatic carbocycles. The van der Waals surface area contributed by atoms with Crippen molar-refractivity contribution < 1.29 is 19.7 Å². The van der Waals surface area contributed by atoms with Crippen molar-refractivity contribution in [2.75, 3.05) is 6.61 Å². The summed E-state index contributed by atoms with van der Waals surface area (Å²) in [7, 11) is 0. The third kappa shape index (κ3) is 2.45. The van der Waals surface area contributed by atoms with Crippen molar-refractivity contribution in [3.63, 3.8) is 0 Å². The number of benzene rings is 2. The zero-order valence-electron chi connectivity index (χ0n) is 12.1. The summed E-state index contributed by atoms with van der Waals surface area (Å²) < 4.78 is 4.73. The van der Waals surface area contributed by atoms with E-state index in [9.17, 15) is 15.0 Å². The van der Waals surface area contributed by atoms with Crippen molar-refractivity contribution in [1.29, 1.82) is 0 Å². The maximum absolute atomic E-state index is 11.5. The number of carbonyl (C=O) groups is 1. The first-order valence-electron chi connectivity index (χ1n) is 7.15. The van der Waals surface area contributed by atoms with Gasteiger partial charge in [0.15, 0.2) is 6.10 Å². The van der Waals surface area contributed by atoms with Gasteiger partial charge in [-0.25, -0.2) is 4.79 Å². The molecule has 0 amide bonds. The van der Waals surface area contributed by atoms with Gasteiger partial charge in [-0.2, -0.15) is 0 Å². The van der Waals surface area contributed by atoms with E-state index in [1.165, 1.54) is 0 Å². The second kappa shape index (κ2) is 5.79. The van der Waals surface area contributed by atoms with E-state index in [1.807, 2.05) is 30.3 Å². The summed E-state index contributed by atoms with van der Waals surface area (Å²) in [4.78, 5) is 14.8. The molecular weight excluding hydrogens is 282 g/mol. The number of esters is 1. The number of carbonyl (C=O) groups excluding carboxylic acids is 1. The fraction of sp³-hybridized carbons (Fsp3) is 0.235. The van der Waals surface area contributed by atoms with Gasteiger partial charge in [-0.1, -0.05) is 30.3 Å². The van der Waals surface area contributed by atoms with Crippen LogP contribution in [0.25, 0.3) is 21.8 Å². The molecule has 22 heavy (non-hydrogen) atoms. The highest BCUT2D eigenvalue weighted by atomic mass is 16.5. The highest BCUT2D eigenvalue weighted by Gasteiger charge is 2.27. The van der Waals surface area contributed by atoms with Gasteiger partial charge in [0.1, 0.15) is 6.10 Å². The lowest BCUT2D eigenvalue weighted by molar-refractivity contribution is -0.159. The van der Waals surface area contributed by atoms with Crippen LogP contribution in [-0.2, 0) is 9.53 Å². The van der Waals surface area contributed by atoms with E-state index in [-0.39, 0.29) is 6.61 Å². The van der Waals surface area contributed by atoms with Crippen molar-refractivity contribution in [3.05, 3.63) is 48.0 Å². The van der Waals surface area contributed by atoms with Crippen LogP contribution in [0.2, 0.25) is 0 Å². The Morgan fingerprint density at radius 2 is 1.86 bits per heavy atom. The molecule has 0 aliphatic rings. The number of ether oxygens (including phenoxy) is 1. The van der Waals surface area contributed by atoms with Crippen LogP contribution in [0.4, 0.5) is 0 Å². The van der Waals surface area contributed by atoms with Crippen LogP contribution in [0, 0.1) is 0 Å². The standard InChI is InChI=1S/C17H17NO4/c1-2-22-17(21)16(20)15(19)10-7-8-12-11-5-3-4-6-13(11)18-14(12)9-10/h3-9,15-16,18-20H,2H2,1H3. The van der Waals surface area contributed by atoms with E-state index in [2.05, 4.69) is 4.98 Å². The molecule has 3 rings (SSSR count). The lowest BCUT2D eigenvalue weighted by Crippen LogP contribution is -2.29. The van der Waals surface area contributed by atoms with E-state index in [0.29, 0.717) is 5.56 Å². The molecule has 0 saturated carbocycles. The van der Waals surface area contributed by atoms with Crippen LogP contribution < -0.4 is 0 Å². The molecule has 0 fully saturated rings. The van der Waals surface area contributed by atoms with Crippen LogP contribution in [0.1, 0.15) is 18.6 Å². The van der Waals surface area contributed by atoms with E-state index in [4.69, 9.17) is 4.74 Å². The van der Waals surface area contributed by atoms with E-state index in [0.717, 1.165) is 21.8 Å². The number of rotatable bonds is 4. The monoisotopic (exact) mass is 299 g/mol. The van der Waals surface area contributed by atoms with Crippen molar-refractivity contribution in [3.8, 4) is 0 Å². The third-order valence-electron chi connectivity index (χ3n) is 3.70. The first-order chi connectivity index (χ1) is 10.6. The lowest BCUT2D eigenvalue weighted by Gasteiger charge is -2.16. The minimum Gasteiger partial charge on any atom is -0.464 e. The molecule has 3 N–H and O–H groups in total. The Hall–Kier alpha value is -2.37. The van der Waals surface area contributed by atoms with Crippen LogP contribution in [0.3, 0.4) is 0 Å². The van der Waals surface area contributed by atoms with E-state index < -0.39 is 18.2 Å². The first-order valence-corrected chi connectivity index (χ1v) is 7.15. The number of fused-ring (bicyclic) bond motifs is 3. The second-order valence-electron chi connectivity index (χ2n) is 5.12. The number of para-hydroxylation sites is 1. The van der Waals surface area contributed by atoms with Gasteiger partial charge in [0, 0.05) is 21.8 Å². The Morgan fingerprint density at radius 3 is 2.64 bits per heavy atom. The summed E-state index contributed by atoms with van der Waals surface area (Å²) in [6.07, 6.45) is -2.92. The zero-order chi connectivity index (χ0) is 15.7. The smallest absolute Gasteiger partial charge is 0.338 e. The summed E-state index contributed by atoms with van der Waals surface area (Å²) >= 11 is 0. The number of hydrogen-bond acceptors (Lipinski definition) is 4. The molecular formula is C17H17NO4. The Labute approximate surface area is 127 Å². The van der Waals surface area contributed by atoms with Gasteiger partial charge in [0.25, 0.3) is 0 Å². The minimum atomic E-state index is -1.60. The summed E-state index contributed by atoms with van der Waals surface area (Å²) in [5.41, 5.74) is 2.29. The molecule has 0 saturated heterocycles. The van der Waals surface area contributed by atoms with Crippen LogP contribution in [0.15, 0.2) is 42.5 Å². The number of aliphatic hydroxyl groups excluding tert-OH is 2. The van der Waals surface area contributed by atoms with Crippen LogP contribution >= 0.6 is 0 Å². The SMILES string of the molecule is CCOC(=O)C(O)C(O)c1ccc2c(c1)[nH]c1ccccc12. The van der Waals surface area contributed by atoms with Gasteiger partial charge in [-0.15, -0.1) is 0 Å². The summed E-state index contributed by atoms with van der Waals surface area (Å²) in [5.74, 6) is -0.827. The van der Waals surface area contributed by atoms with Gasteiger partial charge in [-0.3, -0.25) is 0 Å². The van der Waals surface area contributed by atoms with Crippen LogP contribution in [-0.4, -0.2) is 33.9 Å². The predicted molar refractivity (Wildman–Crippen MR) is 83.4 cm³/mol. The Balaban J connectivity index is 1.98. The summed E-state index contributed by atoms with van der Waals surface area (Å²) in [6.45, 7) is 1.80. The van der Waals surface area contributed by atoms with Gasteiger partial charge in [0.2, 0.25) is 0 Å². The third-order valence-corrected chi connectivity index (χ3v) is 3.70. The largest absolute Gasteiger partial charge is 0.464 e. The number of aromatic amines is 1. The summed E-state index contributed by atoms with van der Waals surface area (Å²) in [6, 6.07) is 13.2. The Bertz CT molecular complexity index is 824. The minimum absolute atomic E-state index is 0.156. The molecule has 5 nitrogen and oxygen atoms in total. The molecule has 0 aliphatic heterocycles. The zero-order valence-corrected chi connectivity index (χ0v) is 12.1. The average Bonchev–Trinajstić information content (AvgIpc) is 2.91. The molecule has 2 unspecified atom stereocenters. The molecule has 2 aromatic carbocycles. The maximum atomic E-state index is 11.5. The average molecular weight is 299 g/mol. The van der Waals surface area contributed by atoms with Crippen molar-refractivity contribution in [2.45, 2.75) is 19.1 Å². The maximum Gasteiger partial charge on any atom is 0.338 e. The molecule has 114 valence electrons. The summed E-state index contributed by atoms with van der Waals surface area (Å²) in [5, 5.41) is 22.1. The molecule has 5 heteroatoms. The number of H-pyrrole nitrogens is 1. The molecule has 2 atom stereocenters. The number of aliphatic hydroxyl groups is 2. The van der Waals surface area contributed by atoms with Gasteiger partial charge >= 0.3 is 5.97 Å². The topological polar surface area (TPSA) is 82.6 Å². The molecule has 1 aromatic heterocycles. The van der Waals surface area contributed by atoms with Crippen molar-refractivity contribution in [1.82, 2.24) is 4.98 Å². The van der Waals surface area contributed by atoms with E-state index in [1.54, 1.807) is 19.1 Å². The molecule has 1 heterocycles. The van der Waals surface area contributed by atoms with Gasteiger partial charge < -0.3 is 19.9 Å². The van der Waals surface area contributed by atoms with Crippen molar-refractivity contribution >= 4 is 27.8 Å². The number of aromatic nitrogens is 1.